The molecule has 1 aromatic carbocycles. The number of hydrogen-bond donors (Lipinski definition) is 0. The highest BCUT2D eigenvalue weighted by Crippen LogP contribution is 2.30. The predicted molar refractivity (Wildman–Crippen MR) is 91.2 cm³/mol. The second-order valence-corrected chi connectivity index (χ2v) is 8.26. The highest BCUT2D eigenvalue weighted by Gasteiger charge is 2.23. The Labute approximate surface area is 143 Å². The summed E-state index contributed by atoms with van der Waals surface area (Å²) in [5.74, 6) is 1.16. The third-order valence-electron chi connectivity index (χ3n) is 4.44. The van der Waals surface area contributed by atoms with Gasteiger partial charge in [-0.25, -0.2) is 8.42 Å². The number of benzene rings is 1. The van der Waals surface area contributed by atoms with E-state index in [-0.39, 0.29) is 23.0 Å². The minimum atomic E-state index is -3.55. The molecule has 0 unspecified atom stereocenters. The van der Waals surface area contributed by atoms with Gasteiger partial charge in [0.25, 0.3) is 0 Å². The van der Waals surface area contributed by atoms with Crippen LogP contribution in [0.15, 0.2) is 23.1 Å². The van der Waals surface area contributed by atoms with Gasteiger partial charge in [-0.15, -0.1) is 0 Å². The highest BCUT2D eigenvalue weighted by molar-refractivity contribution is 7.91. The molecule has 1 fully saturated rings. The summed E-state index contributed by atoms with van der Waals surface area (Å²) in [6.45, 7) is 3.61. The molecule has 0 spiro atoms. The van der Waals surface area contributed by atoms with E-state index in [0.29, 0.717) is 17.4 Å². The van der Waals surface area contributed by atoms with Crippen molar-refractivity contribution in [1.82, 2.24) is 4.90 Å². The molecule has 0 radical (unpaired) electrons. The van der Waals surface area contributed by atoms with Crippen LogP contribution >= 0.6 is 0 Å². The van der Waals surface area contributed by atoms with Gasteiger partial charge in [0, 0.05) is 25.6 Å². The summed E-state index contributed by atoms with van der Waals surface area (Å²) in [6, 6.07) is 4.46. The van der Waals surface area contributed by atoms with Crippen molar-refractivity contribution in [3.8, 4) is 11.5 Å². The zero-order valence-corrected chi connectivity index (χ0v) is 15.3. The molecule has 1 heterocycles. The van der Waals surface area contributed by atoms with E-state index in [2.05, 4.69) is 6.92 Å². The molecule has 134 valence electrons. The van der Waals surface area contributed by atoms with E-state index in [1.807, 2.05) is 0 Å². The van der Waals surface area contributed by atoms with Gasteiger partial charge in [0.1, 0.15) is 0 Å². The molecular formula is C17H25NO5S. The van der Waals surface area contributed by atoms with Gasteiger partial charge >= 0.3 is 0 Å². The summed E-state index contributed by atoms with van der Waals surface area (Å²) in [7, 11) is -0.602. The van der Waals surface area contributed by atoms with E-state index in [1.165, 1.54) is 26.4 Å². The Bertz CT molecular complexity index is 678. The van der Waals surface area contributed by atoms with Crippen molar-refractivity contribution in [2.75, 3.05) is 33.1 Å². The first kappa shape index (κ1) is 18.6. The van der Waals surface area contributed by atoms with Gasteiger partial charge < -0.3 is 14.4 Å². The maximum Gasteiger partial charge on any atom is 0.223 e. The van der Waals surface area contributed by atoms with Crippen LogP contribution in [0.2, 0.25) is 0 Å². The lowest BCUT2D eigenvalue weighted by Gasteiger charge is -2.30. The Kier molecular flexibility index (Phi) is 6.10. The summed E-state index contributed by atoms with van der Waals surface area (Å²) in [5.41, 5.74) is 0. The SMILES string of the molecule is COc1ccc(S(=O)(=O)CCC(=O)N2CCC(C)CC2)cc1OC. The largest absolute Gasteiger partial charge is 0.493 e. The fourth-order valence-electron chi connectivity index (χ4n) is 2.77. The molecule has 2 rings (SSSR count). The van der Waals surface area contributed by atoms with Crippen LogP contribution in [-0.2, 0) is 14.6 Å². The van der Waals surface area contributed by atoms with Crippen molar-refractivity contribution >= 4 is 15.7 Å². The van der Waals surface area contributed by atoms with Crippen LogP contribution in [0, 0.1) is 5.92 Å². The monoisotopic (exact) mass is 355 g/mol. The number of sulfone groups is 1. The summed E-state index contributed by atoms with van der Waals surface area (Å²) in [5, 5.41) is 0. The molecule has 0 bridgehead atoms. The summed E-state index contributed by atoms with van der Waals surface area (Å²) in [4.78, 5) is 14.1. The van der Waals surface area contributed by atoms with Gasteiger partial charge in [0.15, 0.2) is 21.3 Å². The molecule has 1 aliphatic heterocycles. The minimum absolute atomic E-state index is 0.00502. The fourth-order valence-corrected chi connectivity index (χ4v) is 4.01. The molecule has 1 amide bonds. The van der Waals surface area contributed by atoms with E-state index in [9.17, 15) is 13.2 Å². The second kappa shape index (κ2) is 7.88. The van der Waals surface area contributed by atoms with Crippen molar-refractivity contribution in [3.05, 3.63) is 18.2 Å². The van der Waals surface area contributed by atoms with Crippen LogP contribution in [0.5, 0.6) is 11.5 Å². The maximum absolute atomic E-state index is 12.5. The molecule has 1 aliphatic rings. The topological polar surface area (TPSA) is 72.9 Å². The summed E-state index contributed by atoms with van der Waals surface area (Å²) in [6.07, 6.45) is 1.97. The highest BCUT2D eigenvalue weighted by atomic mass is 32.2. The number of piperidine rings is 1. The van der Waals surface area contributed by atoms with Gasteiger partial charge in [-0.2, -0.15) is 0 Å². The Hall–Kier alpha value is -1.76. The number of likely N-dealkylation sites (tertiary alicyclic amines) is 1. The first-order valence-corrected chi connectivity index (χ1v) is 9.75. The number of amides is 1. The molecule has 1 aromatic rings. The number of carbonyl (C=O) groups excluding carboxylic acids is 1. The van der Waals surface area contributed by atoms with Gasteiger partial charge in [0.2, 0.25) is 5.91 Å². The molecule has 1 saturated heterocycles. The van der Waals surface area contributed by atoms with Crippen molar-refractivity contribution in [2.24, 2.45) is 5.92 Å². The van der Waals surface area contributed by atoms with Crippen LogP contribution in [-0.4, -0.2) is 52.3 Å². The number of nitrogens with zero attached hydrogens (tertiary/aromatic N) is 1. The Morgan fingerprint density at radius 1 is 1.17 bits per heavy atom. The first-order valence-electron chi connectivity index (χ1n) is 8.10. The smallest absolute Gasteiger partial charge is 0.223 e. The maximum atomic E-state index is 12.5. The normalized spacial score (nSPS) is 16.0. The molecule has 6 nitrogen and oxygen atoms in total. The zero-order chi connectivity index (χ0) is 17.7. The second-order valence-electron chi connectivity index (χ2n) is 6.15. The van der Waals surface area contributed by atoms with Crippen LogP contribution in [0.25, 0.3) is 0 Å². The third-order valence-corrected chi connectivity index (χ3v) is 6.15. The number of hydrogen-bond acceptors (Lipinski definition) is 5. The molecule has 7 heteroatoms. The van der Waals surface area contributed by atoms with E-state index in [4.69, 9.17) is 9.47 Å². The van der Waals surface area contributed by atoms with Crippen molar-refractivity contribution < 1.29 is 22.7 Å². The number of methoxy groups -OCH3 is 2. The van der Waals surface area contributed by atoms with Crippen LogP contribution in [0.3, 0.4) is 0 Å². The summed E-state index contributed by atoms with van der Waals surface area (Å²) < 4.78 is 35.2. The lowest BCUT2D eigenvalue weighted by Crippen LogP contribution is -2.38. The molecule has 0 aromatic heterocycles. The van der Waals surface area contributed by atoms with Crippen LogP contribution in [0.4, 0.5) is 0 Å². The number of carbonyl (C=O) groups is 1. The zero-order valence-electron chi connectivity index (χ0n) is 14.4. The molecule has 0 aliphatic carbocycles. The molecule has 24 heavy (non-hydrogen) atoms. The van der Waals surface area contributed by atoms with E-state index >= 15 is 0 Å². The fraction of sp³-hybridized carbons (Fsp3) is 0.588. The standard InChI is InChI=1S/C17H25NO5S/c1-13-6-9-18(10-7-13)17(19)8-11-24(20,21)14-4-5-15(22-2)16(12-14)23-3/h4-5,12-13H,6-11H2,1-3H3. The lowest BCUT2D eigenvalue weighted by atomic mass is 9.99. The van der Waals surface area contributed by atoms with Crippen molar-refractivity contribution in [3.63, 3.8) is 0 Å². The lowest BCUT2D eigenvalue weighted by molar-refractivity contribution is -0.132. The molecule has 0 saturated carbocycles. The molecular weight excluding hydrogens is 330 g/mol. The Morgan fingerprint density at radius 2 is 1.79 bits per heavy atom. The average molecular weight is 355 g/mol. The quantitative estimate of drug-likeness (QED) is 0.781. The average Bonchev–Trinajstić information content (AvgIpc) is 2.59. The van der Waals surface area contributed by atoms with Gasteiger partial charge in [-0.3, -0.25) is 4.79 Å². The van der Waals surface area contributed by atoms with Crippen molar-refractivity contribution in [2.45, 2.75) is 31.1 Å². The van der Waals surface area contributed by atoms with E-state index in [1.54, 1.807) is 11.0 Å². The number of rotatable bonds is 6. The van der Waals surface area contributed by atoms with Gasteiger partial charge in [0.05, 0.1) is 24.9 Å². The summed E-state index contributed by atoms with van der Waals surface area (Å²) >= 11 is 0. The first-order chi connectivity index (χ1) is 11.4. The molecule has 0 atom stereocenters. The third kappa shape index (κ3) is 4.41. The Morgan fingerprint density at radius 3 is 2.38 bits per heavy atom. The molecule has 0 N–H and O–H groups in total. The predicted octanol–water partition coefficient (Wildman–Crippen LogP) is 2.13. The van der Waals surface area contributed by atoms with E-state index < -0.39 is 9.84 Å². The van der Waals surface area contributed by atoms with Crippen LogP contribution < -0.4 is 9.47 Å². The van der Waals surface area contributed by atoms with Gasteiger partial charge in [-0.05, 0) is 30.9 Å². The minimum Gasteiger partial charge on any atom is -0.493 e. The number of ether oxygens (including phenoxy) is 2. The van der Waals surface area contributed by atoms with Crippen molar-refractivity contribution in [1.29, 1.82) is 0 Å². The van der Waals surface area contributed by atoms with E-state index in [0.717, 1.165) is 25.9 Å². The van der Waals surface area contributed by atoms with Crippen LogP contribution in [0.1, 0.15) is 26.2 Å². The Balaban J connectivity index is 2.02. The van der Waals surface area contributed by atoms with Gasteiger partial charge in [-0.1, -0.05) is 6.92 Å².